The highest BCUT2D eigenvalue weighted by Gasteiger charge is 2.22. The number of amides is 3. The van der Waals surface area contributed by atoms with E-state index in [9.17, 15) is 9.59 Å². The predicted molar refractivity (Wildman–Crippen MR) is 127 cm³/mol. The Morgan fingerprint density at radius 3 is 2.32 bits per heavy atom. The topological polar surface area (TPSA) is 61.4 Å². The maximum Gasteiger partial charge on any atom is 0.323 e. The van der Waals surface area contributed by atoms with Crippen LogP contribution in [0.3, 0.4) is 0 Å². The van der Waals surface area contributed by atoms with Gasteiger partial charge in [-0.15, -0.1) is 11.3 Å². The third kappa shape index (κ3) is 4.97. The van der Waals surface area contributed by atoms with Crippen molar-refractivity contribution in [2.45, 2.75) is 39.2 Å². The van der Waals surface area contributed by atoms with Crippen LogP contribution in [0.2, 0.25) is 0 Å². The highest BCUT2D eigenvalue weighted by atomic mass is 32.1. The van der Waals surface area contributed by atoms with Gasteiger partial charge in [-0.2, -0.15) is 0 Å². The lowest BCUT2D eigenvalue weighted by Crippen LogP contribution is -2.35. The van der Waals surface area contributed by atoms with Gasteiger partial charge in [0.05, 0.1) is 4.88 Å². The average molecular weight is 434 g/mol. The molecule has 0 spiro atoms. The first-order valence-electron chi connectivity index (χ1n) is 10.4. The van der Waals surface area contributed by atoms with Gasteiger partial charge in [-0.3, -0.25) is 4.79 Å². The second-order valence-corrected chi connectivity index (χ2v) is 9.79. The van der Waals surface area contributed by atoms with Crippen LogP contribution in [0, 0.1) is 0 Å². The molecule has 0 aliphatic carbocycles. The molecule has 0 saturated carbocycles. The summed E-state index contributed by atoms with van der Waals surface area (Å²) in [6, 6.07) is 17.3. The Bertz CT molecular complexity index is 1080. The third-order valence-electron chi connectivity index (χ3n) is 5.50. The zero-order chi connectivity index (χ0) is 22.0. The summed E-state index contributed by atoms with van der Waals surface area (Å²) in [4.78, 5) is 27.8. The van der Waals surface area contributed by atoms with Crippen molar-refractivity contribution >= 4 is 34.6 Å². The molecule has 0 radical (unpaired) electrons. The lowest BCUT2D eigenvalue weighted by Gasteiger charge is -2.29. The van der Waals surface area contributed by atoms with Gasteiger partial charge in [0.15, 0.2) is 0 Å². The minimum Gasteiger partial charge on any atom is -0.333 e. The molecule has 0 fully saturated rings. The Labute approximate surface area is 187 Å². The zero-order valence-electron chi connectivity index (χ0n) is 18.1. The molecule has 0 atom stereocenters. The fourth-order valence-corrected chi connectivity index (χ4v) is 4.40. The lowest BCUT2D eigenvalue weighted by atomic mass is 9.87. The minimum atomic E-state index is -0.286. The van der Waals surface area contributed by atoms with Gasteiger partial charge >= 0.3 is 6.03 Å². The van der Waals surface area contributed by atoms with E-state index < -0.39 is 0 Å². The standard InChI is InChI=1S/C25H27N3O2S/c1-25(2,3)19-7-10-20(11-8-19)26-24(30)27-21-9-6-17-12-13-28(16-18(17)15-21)23(29)22-5-4-14-31-22/h4-11,14-15H,12-13,16H2,1-3H3,(H2,26,27,30). The Balaban J connectivity index is 1.40. The fourth-order valence-electron chi connectivity index (χ4n) is 3.71. The van der Waals surface area contributed by atoms with Crippen LogP contribution in [0.5, 0.6) is 0 Å². The Hall–Kier alpha value is -3.12. The second-order valence-electron chi connectivity index (χ2n) is 8.84. The Kier molecular flexibility index (Phi) is 5.83. The van der Waals surface area contributed by atoms with E-state index in [1.54, 1.807) is 0 Å². The van der Waals surface area contributed by atoms with Gasteiger partial charge in [0.1, 0.15) is 0 Å². The molecular formula is C25H27N3O2S. The molecule has 1 aliphatic rings. The van der Waals surface area contributed by atoms with Crippen LogP contribution in [0.1, 0.15) is 47.1 Å². The number of hydrogen-bond acceptors (Lipinski definition) is 3. The van der Waals surface area contributed by atoms with E-state index in [1.165, 1.54) is 22.5 Å². The summed E-state index contributed by atoms with van der Waals surface area (Å²) in [5.41, 5.74) is 5.05. The number of benzene rings is 2. The predicted octanol–water partition coefficient (Wildman–Crippen LogP) is 5.89. The van der Waals surface area contributed by atoms with E-state index in [4.69, 9.17) is 0 Å². The number of nitrogens with zero attached hydrogens (tertiary/aromatic N) is 1. The number of carbonyl (C=O) groups excluding carboxylic acids is 2. The van der Waals surface area contributed by atoms with Gasteiger partial charge in [0, 0.05) is 24.5 Å². The second kappa shape index (κ2) is 8.55. The molecule has 160 valence electrons. The van der Waals surface area contributed by atoms with Crippen LogP contribution in [0.25, 0.3) is 0 Å². The van der Waals surface area contributed by atoms with E-state index in [2.05, 4.69) is 31.4 Å². The van der Waals surface area contributed by atoms with Gasteiger partial charge in [-0.1, -0.05) is 45.0 Å². The normalized spacial score (nSPS) is 13.5. The number of thiophene rings is 1. The number of hydrogen-bond donors (Lipinski definition) is 2. The van der Waals surface area contributed by atoms with Crippen molar-refractivity contribution in [3.8, 4) is 0 Å². The summed E-state index contributed by atoms with van der Waals surface area (Å²) in [6.45, 7) is 7.74. The molecule has 2 N–H and O–H groups in total. The van der Waals surface area contributed by atoms with Crippen molar-refractivity contribution < 1.29 is 9.59 Å². The maximum atomic E-state index is 12.7. The molecule has 1 aromatic heterocycles. The van der Waals surface area contributed by atoms with Crippen molar-refractivity contribution in [3.63, 3.8) is 0 Å². The fraction of sp³-hybridized carbons (Fsp3) is 0.280. The zero-order valence-corrected chi connectivity index (χ0v) is 18.9. The molecule has 4 rings (SSSR count). The number of nitrogens with one attached hydrogen (secondary N) is 2. The van der Waals surface area contributed by atoms with Crippen molar-refractivity contribution in [2.24, 2.45) is 0 Å². The van der Waals surface area contributed by atoms with E-state index in [0.29, 0.717) is 18.8 Å². The van der Waals surface area contributed by atoms with E-state index in [0.717, 1.165) is 22.5 Å². The van der Waals surface area contributed by atoms with Gasteiger partial charge in [0.25, 0.3) is 5.91 Å². The van der Waals surface area contributed by atoms with Crippen LogP contribution in [0.4, 0.5) is 16.2 Å². The van der Waals surface area contributed by atoms with Crippen molar-refractivity contribution in [1.29, 1.82) is 0 Å². The van der Waals surface area contributed by atoms with Gasteiger partial charge in [-0.05, 0) is 64.2 Å². The number of urea groups is 1. The van der Waals surface area contributed by atoms with Crippen LogP contribution >= 0.6 is 11.3 Å². The molecule has 3 aromatic rings. The molecule has 2 aromatic carbocycles. The molecule has 5 nitrogen and oxygen atoms in total. The number of carbonyl (C=O) groups is 2. The van der Waals surface area contributed by atoms with Crippen LogP contribution < -0.4 is 10.6 Å². The first kappa shape index (κ1) is 21.1. The SMILES string of the molecule is CC(C)(C)c1ccc(NC(=O)Nc2ccc3c(c2)CN(C(=O)c2cccs2)CC3)cc1. The third-order valence-corrected chi connectivity index (χ3v) is 6.36. The Morgan fingerprint density at radius 1 is 0.935 bits per heavy atom. The molecule has 1 aliphatic heterocycles. The summed E-state index contributed by atoms with van der Waals surface area (Å²) < 4.78 is 0. The van der Waals surface area contributed by atoms with E-state index >= 15 is 0 Å². The molecule has 3 amide bonds. The summed E-state index contributed by atoms with van der Waals surface area (Å²) in [7, 11) is 0. The highest BCUT2D eigenvalue weighted by molar-refractivity contribution is 7.12. The summed E-state index contributed by atoms with van der Waals surface area (Å²) >= 11 is 1.46. The first-order chi connectivity index (χ1) is 14.8. The van der Waals surface area contributed by atoms with Crippen molar-refractivity contribution in [3.05, 3.63) is 81.5 Å². The van der Waals surface area contributed by atoms with Crippen molar-refractivity contribution in [1.82, 2.24) is 4.90 Å². The number of fused-ring (bicyclic) bond motifs is 1. The molecule has 2 heterocycles. The monoisotopic (exact) mass is 433 g/mol. The largest absolute Gasteiger partial charge is 0.333 e. The average Bonchev–Trinajstić information content (AvgIpc) is 3.27. The molecule has 0 bridgehead atoms. The summed E-state index contributed by atoms with van der Waals surface area (Å²) in [5, 5.41) is 7.71. The quantitative estimate of drug-likeness (QED) is 0.541. The van der Waals surface area contributed by atoms with Crippen LogP contribution in [-0.2, 0) is 18.4 Å². The van der Waals surface area contributed by atoms with Crippen LogP contribution in [0.15, 0.2) is 60.0 Å². The van der Waals surface area contributed by atoms with E-state index in [-0.39, 0.29) is 17.4 Å². The molecule has 31 heavy (non-hydrogen) atoms. The van der Waals surface area contributed by atoms with Crippen molar-refractivity contribution in [2.75, 3.05) is 17.2 Å². The van der Waals surface area contributed by atoms with Gasteiger partial charge in [-0.25, -0.2) is 4.79 Å². The maximum absolute atomic E-state index is 12.7. The summed E-state index contributed by atoms with van der Waals surface area (Å²) in [5.74, 6) is 0.0652. The van der Waals surface area contributed by atoms with Gasteiger partial charge in [0.2, 0.25) is 0 Å². The lowest BCUT2D eigenvalue weighted by molar-refractivity contribution is 0.0739. The summed E-state index contributed by atoms with van der Waals surface area (Å²) in [6.07, 6.45) is 0.819. The van der Waals surface area contributed by atoms with E-state index in [1.807, 2.05) is 64.9 Å². The smallest absolute Gasteiger partial charge is 0.323 e. The molecular weight excluding hydrogens is 406 g/mol. The highest BCUT2D eigenvalue weighted by Crippen LogP contribution is 2.26. The number of anilines is 2. The molecule has 0 saturated heterocycles. The van der Waals surface area contributed by atoms with Crippen LogP contribution in [-0.4, -0.2) is 23.4 Å². The minimum absolute atomic E-state index is 0.0652. The molecule has 0 unspecified atom stereocenters. The first-order valence-corrected chi connectivity index (χ1v) is 11.3. The molecule has 6 heteroatoms. The Morgan fingerprint density at radius 2 is 1.65 bits per heavy atom. The number of rotatable bonds is 3. The van der Waals surface area contributed by atoms with Gasteiger partial charge < -0.3 is 15.5 Å².